The molecule has 0 bridgehead atoms. The van der Waals surface area contributed by atoms with Crippen LogP contribution >= 0.6 is 0 Å². The average Bonchev–Trinajstić information content (AvgIpc) is 2.68. The van der Waals surface area contributed by atoms with Crippen molar-refractivity contribution in [3.63, 3.8) is 0 Å². The SMILES string of the molecule is CNc1ncnc(NC2CCC(C)(C)C2)c1[N+](=O)[O-]. The molecule has 0 radical (unpaired) electrons. The molecule has 1 aliphatic rings. The van der Waals surface area contributed by atoms with Crippen LogP contribution in [0.25, 0.3) is 0 Å². The first-order valence-electron chi connectivity index (χ1n) is 6.36. The summed E-state index contributed by atoms with van der Waals surface area (Å²) >= 11 is 0. The second-order valence-electron chi connectivity index (χ2n) is 5.67. The Kier molecular flexibility index (Phi) is 3.55. The maximum Gasteiger partial charge on any atom is 0.353 e. The molecule has 1 aromatic rings. The van der Waals surface area contributed by atoms with Gasteiger partial charge in [-0.1, -0.05) is 13.8 Å². The van der Waals surface area contributed by atoms with Crippen molar-refractivity contribution in [3.05, 3.63) is 16.4 Å². The minimum atomic E-state index is -0.450. The molecule has 0 amide bonds. The molecule has 1 saturated carbocycles. The highest BCUT2D eigenvalue weighted by Crippen LogP contribution is 2.39. The molecule has 1 aliphatic carbocycles. The molecule has 1 unspecified atom stereocenters. The number of nitrogens with zero attached hydrogens (tertiary/aromatic N) is 3. The molecule has 2 rings (SSSR count). The first-order valence-corrected chi connectivity index (χ1v) is 6.36. The molecule has 19 heavy (non-hydrogen) atoms. The fraction of sp³-hybridized carbons (Fsp3) is 0.667. The van der Waals surface area contributed by atoms with Crippen LogP contribution in [-0.4, -0.2) is 28.0 Å². The van der Waals surface area contributed by atoms with E-state index in [1.165, 1.54) is 6.33 Å². The van der Waals surface area contributed by atoms with Crippen LogP contribution in [0.2, 0.25) is 0 Å². The third-order valence-electron chi connectivity index (χ3n) is 3.55. The van der Waals surface area contributed by atoms with Crippen molar-refractivity contribution in [2.45, 2.75) is 39.2 Å². The third-order valence-corrected chi connectivity index (χ3v) is 3.55. The smallest absolute Gasteiger partial charge is 0.353 e. The number of rotatable bonds is 4. The molecular formula is C12H19N5O2. The van der Waals surface area contributed by atoms with E-state index in [1.54, 1.807) is 7.05 Å². The second-order valence-corrected chi connectivity index (χ2v) is 5.67. The summed E-state index contributed by atoms with van der Waals surface area (Å²) in [5, 5.41) is 17.1. The maximum absolute atomic E-state index is 11.1. The van der Waals surface area contributed by atoms with E-state index in [0.717, 1.165) is 19.3 Å². The second kappa shape index (κ2) is 4.99. The van der Waals surface area contributed by atoms with Gasteiger partial charge in [0, 0.05) is 13.1 Å². The molecule has 0 spiro atoms. The first-order chi connectivity index (χ1) is 8.93. The zero-order valence-electron chi connectivity index (χ0n) is 11.4. The van der Waals surface area contributed by atoms with Crippen molar-refractivity contribution in [2.24, 2.45) is 5.41 Å². The van der Waals surface area contributed by atoms with Crippen LogP contribution in [0.3, 0.4) is 0 Å². The Labute approximate surface area is 112 Å². The number of nitro groups is 1. The summed E-state index contributed by atoms with van der Waals surface area (Å²) in [4.78, 5) is 18.6. The maximum atomic E-state index is 11.1. The van der Waals surface area contributed by atoms with Crippen LogP contribution in [0.5, 0.6) is 0 Å². The van der Waals surface area contributed by atoms with E-state index in [2.05, 4.69) is 34.4 Å². The number of aromatic nitrogens is 2. The van der Waals surface area contributed by atoms with Crippen LogP contribution in [0.4, 0.5) is 17.3 Å². The molecular weight excluding hydrogens is 246 g/mol. The molecule has 0 aliphatic heterocycles. The zero-order chi connectivity index (χ0) is 14.0. The van der Waals surface area contributed by atoms with Gasteiger partial charge in [0.05, 0.1) is 4.92 Å². The quantitative estimate of drug-likeness (QED) is 0.641. The summed E-state index contributed by atoms with van der Waals surface area (Å²) in [6.45, 7) is 4.42. The minimum Gasteiger partial charge on any atom is -0.367 e. The lowest BCUT2D eigenvalue weighted by molar-refractivity contribution is -0.383. The van der Waals surface area contributed by atoms with Gasteiger partial charge in [-0.15, -0.1) is 0 Å². The summed E-state index contributed by atoms with van der Waals surface area (Å²) in [5.41, 5.74) is 0.195. The summed E-state index contributed by atoms with van der Waals surface area (Å²) in [7, 11) is 1.61. The Balaban J connectivity index is 2.23. The van der Waals surface area contributed by atoms with Gasteiger partial charge >= 0.3 is 5.69 Å². The van der Waals surface area contributed by atoms with E-state index in [-0.39, 0.29) is 23.0 Å². The number of anilines is 2. The van der Waals surface area contributed by atoms with E-state index >= 15 is 0 Å². The van der Waals surface area contributed by atoms with Crippen molar-refractivity contribution >= 4 is 17.3 Å². The van der Waals surface area contributed by atoms with Gasteiger partial charge in [-0.05, 0) is 24.7 Å². The molecule has 1 aromatic heterocycles. The van der Waals surface area contributed by atoms with Gasteiger partial charge in [0.2, 0.25) is 11.6 Å². The largest absolute Gasteiger partial charge is 0.367 e. The molecule has 1 fully saturated rings. The van der Waals surface area contributed by atoms with Crippen LogP contribution in [0.1, 0.15) is 33.1 Å². The number of hydrogen-bond donors (Lipinski definition) is 2. The van der Waals surface area contributed by atoms with Crippen LogP contribution in [0, 0.1) is 15.5 Å². The summed E-state index contributed by atoms with van der Waals surface area (Å²) < 4.78 is 0. The van der Waals surface area contributed by atoms with E-state index in [1.807, 2.05) is 0 Å². The van der Waals surface area contributed by atoms with Crippen LogP contribution < -0.4 is 10.6 Å². The molecule has 1 atom stereocenters. The van der Waals surface area contributed by atoms with Gasteiger partial charge in [0.1, 0.15) is 6.33 Å². The number of nitrogens with one attached hydrogen (secondary N) is 2. The van der Waals surface area contributed by atoms with Gasteiger partial charge < -0.3 is 10.6 Å². The zero-order valence-corrected chi connectivity index (χ0v) is 11.4. The Bertz CT molecular complexity index is 489. The van der Waals surface area contributed by atoms with Crippen molar-refractivity contribution < 1.29 is 4.92 Å². The topological polar surface area (TPSA) is 93.0 Å². The highest BCUT2D eigenvalue weighted by molar-refractivity contribution is 5.69. The highest BCUT2D eigenvalue weighted by atomic mass is 16.6. The van der Waals surface area contributed by atoms with Gasteiger partial charge in [-0.3, -0.25) is 10.1 Å². The fourth-order valence-electron chi connectivity index (χ4n) is 2.59. The molecule has 104 valence electrons. The molecule has 7 heteroatoms. The van der Waals surface area contributed by atoms with Gasteiger partial charge in [0.15, 0.2) is 0 Å². The Hall–Kier alpha value is -1.92. The Morgan fingerprint density at radius 1 is 1.42 bits per heavy atom. The van der Waals surface area contributed by atoms with E-state index in [4.69, 9.17) is 0 Å². The lowest BCUT2D eigenvalue weighted by atomic mass is 9.92. The summed E-state index contributed by atoms with van der Waals surface area (Å²) in [6.07, 6.45) is 4.44. The average molecular weight is 265 g/mol. The van der Waals surface area contributed by atoms with E-state index in [0.29, 0.717) is 5.82 Å². The predicted octanol–water partition coefficient (Wildman–Crippen LogP) is 2.42. The van der Waals surface area contributed by atoms with E-state index < -0.39 is 4.92 Å². The number of hydrogen-bond acceptors (Lipinski definition) is 6. The summed E-state index contributed by atoms with van der Waals surface area (Å²) in [5.74, 6) is 0.534. The monoisotopic (exact) mass is 265 g/mol. The van der Waals surface area contributed by atoms with Crippen LogP contribution in [-0.2, 0) is 0 Å². The first kappa shape index (κ1) is 13.5. The summed E-state index contributed by atoms with van der Waals surface area (Å²) in [6, 6.07) is 0.230. The van der Waals surface area contributed by atoms with Gasteiger partial charge in [-0.2, -0.15) is 0 Å². The highest BCUT2D eigenvalue weighted by Gasteiger charge is 2.33. The van der Waals surface area contributed by atoms with Crippen molar-refractivity contribution in [1.82, 2.24) is 9.97 Å². The Morgan fingerprint density at radius 3 is 2.63 bits per heavy atom. The van der Waals surface area contributed by atoms with Crippen molar-refractivity contribution in [1.29, 1.82) is 0 Å². The third kappa shape index (κ3) is 2.91. The molecule has 0 saturated heterocycles. The molecule has 0 aromatic carbocycles. The Morgan fingerprint density at radius 2 is 2.11 bits per heavy atom. The fourth-order valence-corrected chi connectivity index (χ4v) is 2.59. The van der Waals surface area contributed by atoms with Crippen molar-refractivity contribution in [2.75, 3.05) is 17.7 Å². The van der Waals surface area contributed by atoms with E-state index in [9.17, 15) is 10.1 Å². The molecule has 7 nitrogen and oxygen atoms in total. The molecule has 2 N–H and O–H groups in total. The standard InChI is InChI=1S/C12H19N5O2/c1-12(2)5-4-8(6-12)16-11-9(17(18)19)10(13-3)14-7-15-11/h7-8H,4-6H2,1-3H3,(H2,13,14,15,16). The van der Waals surface area contributed by atoms with Gasteiger partial charge in [-0.25, -0.2) is 9.97 Å². The minimum absolute atomic E-state index is 0.0882. The lowest BCUT2D eigenvalue weighted by Gasteiger charge is -2.18. The van der Waals surface area contributed by atoms with Gasteiger partial charge in [0.25, 0.3) is 0 Å². The van der Waals surface area contributed by atoms with Crippen molar-refractivity contribution in [3.8, 4) is 0 Å². The lowest BCUT2D eigenvalue weighted by Crippen LogP contribution is -2.19. The normalized spacial score (nSPS) is 21.1. The molecule has 1 heterocycles. The predicted molar refractivity (Wildman–Crippen MR) is 73.3 cm³/mol. The van der Waals surface area contributed by atoms with Crippen LogP contribution in [0.15, 0.2) is 6.33 Å².